The number of likely N-dealkylation sites (N-methyl/N-ethyl adjacent to an activating group) is 2. The molecular weight excluding hydrogens is 415 g/mol. The lowest BCUT2D eigenvalue weighted by atomic mass is 10.1. The third-order valence-electron chi connectivity index (χ3n) is 4.35. The van der Waals surface area contributed by atoms with Gasteiger partial charge in [-0.15, -0.1) is 0 Å². The largest absolute Gasteiger partial charge is 0.477 e. The summed E-state index contributed by atoms with van der Waals surface area (Å²) < 4.78 is 0. The number of anilines is 1. The number of pyridine rings is 2. The molecule has 0 saturated heterocycles. The highest BCUT2D eigenvalue weighted by atomic mass is 35.5. The summed E-state index contributed by atoms with van der Waals surface area (Å²) in [5.41, 5.74) is 0.744. The predicted molar refractivity (Wildman–Crippen MR) is 113 cm³/mol. The number of aromatic carboxylic acids is 1. The number of amides is 1. The zero-order chi connectivity index (χ0) is 21.1. The summed E-state index contributed by atoms with van der Waals surface area (Å²) in [5, 5.41) is 11.2. The van der Waals surface area contributed by atoms with Crippen molar-refractivity contribution in [1.82, 2.24) is 14.9 Å². The first-order chi connectivity index (χ1) is 13.8. The number of rotatable bonds is 6. The molecule has 1 aromatic carbocycles. The van der Waals surface area contributed by atoms with E-state index in [1.54, 1.807) is 54.5 Å². The molecule has 0 fully saturated rings. The average molecular weight is 433 g/mol. The topological polar surface area (TPSA) is 86.6 Å². The van der Waals surface area contributed by atoms with Crippen LogP contribution in [0, 0.1) is 0 Å². The number of hydrogen-bond acceptors (Lipinski definition) is 5. The maximum absolute atomic E-state index is 12.7. The van der Waals surface area contributed by atoms with Crippen molar-refractivity contribution in [2.75, 3.05) is 25.5 Å². The Hall–Kier alpha value is -2.90. The highest BCUT2D eigenvalue weighted by molar-refractivity contribution is 6.39. The van der Waals surface area contributed by atoms with Crippen molar-refractivity contribution in [3.05, 3.63) is 64.0 Å². The van der Waals surface area contributed by atoms with Crippen molar-refractivity contribution >= 4 is 51.7 Å². The maximum atomic E-state index is 12.7. The van der Waals surface area contributed by atoms with Crippen LogP contribution >= 0.6 is 23.2 Å². The van der Waals surface area contributed by atoms with Crippen LogP contribution in [0.15, 0.2) is 42.7 Å². The Morgan fingerprint density at radius 1 is 1.17 bits per heavy atom. The van der Waals surface area contributed by atoms with Crippen molar-refractivity contribution in [2.45, 2.75) is 6.54 Å². The maximum Gasteiger partial charge on any atom is 0.354 e. The third-order valence-corrected chi connectivity index (χ3v) is 4.87. The van der Waals surface area contributed by atoms with Gasteiger partial charge in [0.2, 0.25) is 5.91 Å². The number of hydrogen-bond donors (Lipinski definition) is 1. The molecule has 29 heavy (non-hydrogen) atoms. The van der Waals surface area contributed by atoms with Crippen LogP contribution in [0.4, 0.5) is 5.82 Å². The van der Waals surface area contributed by atoms with Gasteiger partial charge in [0.15, 0.2) is 5.69 Å². The highest BCUT2D eigenvalue weighted by Crippen LogP contribution is 2.34. The fourth-order valence-electron chi connectivity index (χ4n) is 2.93. The van der Waals surface area contributed by atoms with Crippen molar-refractivity contribution in [3.63, 3.8) is 0 Å². The van der Waals surface area contributed by atoms with E-state index >= 15 is 0 Å². The molecule has 0 unspecified atom stereocenters. The van der Waals surface area contributed by atoms with Gasteiger partial charge in [0.05, 0.1) is 11.6 Å². The van der Waals surface area contributed by atoms with Crippen LogP contribution in [0.1, 0.15) is 16.1 Å². The Bertz CT molecular complexity index is 1080. The van der Waals surface area contributed by atoms with E-state index in [1.165, 1.54) is 6.07 Å². The smallest absolute Gasteiger partial charge is 0.354 e. The summed E-state index contributed by atoms with van der Waals surface area (Å²) in [7, 11) is 3.35. The molecule has 0 saturated carbocycles. The number of nitrogens with zero attached hydrogens (tertiary/aromatic N) is 4. The van der Waals surface area contributed by atoms with Gasteiger partial charge < -0.3 is 14.9 Å². The summed E-state index contributed by atoms with van der Waals surface area (Å²) in [6, 6.07) is 8.27. The Morgan fingerprint density at radius 3 is 2.59 bits per heavy atom. The number of carbonyl (C=O) groups excluding carboxylic acids is 1. The Kier molecular flexibility index (Phi) is 6.20. The van der Waals surface area contributed by atoms with Crippen LogP contribution in [-0.2, 0) is 11.3 Å². The molecule has 7 nitrogen and oxygen atoms in total. The minimum Gasteiger partial charge on any atom is -0.477 e. The minimum absolute atomic E-state index is 0.0130. The zero-order valence-corrected chi connectivity index (χ0v) is 17.3. The molecule has 0 bridgehead atoms. The van der Waals surface area contributed by atoms with Gasteiger partial charge in [-0.2, -0.15) is 0 Å². The van der Waals surface area contributed by atoms with Crippen LogP contribution in [-0.4, -0.2) is 52.5 Å². The first-order valence-corrected chi connectivity index (χ1v) is 9.39. The summed E-state index contributed by atoms with van der Waals surface area (Å²) in [6.45, 7) is 0.390. The number of halogens is 2. The van der Waals surface area contributed by atoms with Crippen LogP contribution in [0.2, 0.25) is 10.0 Å². The number of carboxylic acids is 1. The van der Waals surface area contributed by atoms with Crippen molar-refractivity contribution < 1.29 is 14.7 Å². The van der Waals surface area contributed by atoms with E-state index < -0.39 is 5.97 Å². The van der Waals surface area contributed by atoms with Gasteiger partial charge in [-0.3, -0.25) is 9.78 Å². The quantitative estimate of drug-likeness (QED) is 0.638. The van der Waals surface area contributed by atoms with E-state index in [9.17, 15) is 14.7 Å². The lowest BCUT2D eigenvalue weighted by molar-refractivity contribution is -0.128. The summed E-state index contributed by atoms with van der Waals surface area (Å²) in [6.07, 6.45) is 3.36. The van der Waals surface area contributed by atoms with E-state index in [-0.39, 0.29) is 18.1 Å². The van der Waals surface area contributed by atoms with E-state index in [0.29, 0.717) is 33.2 Å². The van der Waals surface area contributed by atoms with E-state index in [0.717, 1.165) is 5.56 Å². The van der Waals surface area contributed by atoms with Crippen molar-refractivity contribution in [3.8, 4) is 0 Å². The summed E-state index contributed by atoms with van der Waals surface area (Å²) >= 11 is 12.4. The van der Waals surface area contributed by atoms with Crippen LogP contribution in [0.25, 0.3) is 10.8 Å². The van der Waals surface area contributed by atoms with E-state index in [2.05, 4.69) is 9.97 Å². The zero-order valence-electron chi connectivity index (χ0n) is 15.8. The summed E-state index contributed by atoms with van der Waals surface area (Å²) in [4.78, 5) is 35.6. The second-order valence-electron chi connectivity index (χ2n) is 6.59. The van der Waals surface area contributed by atoms with E-state index in [1.807, 2.05) is 6.07 Å². The van der Waals surface area contributed by atoms with Gasteiger partial charge in [-0.1, -0.05) is 29.3 Å². The molecule has 0 aliphatic heterocycles. The lowest BCUT2D eigenvalue weighted by Gasteiger charge is -2.24. The molecule has 0 aliphatic rings. The molecule has 9 heteroatoms. The molecule has 0 radical (unpaired) electrons. The molecule has 3 aromatic rings. The van der Waals surface area contributed by atoms with E-state index in [4.69, 9.17) is 23.2 Å². The van der Waals surface area contributed by atoms with Crippen LogP contribution in [0.3, 0.4) is 0 Å². The Balaban J connectivity index is 1.90. The Labute approximate surface area is 177 Å². The molecule has 150 valence electrons. The minimum atomic E-state index is -1.18. The molecule has 2 aromatic heterocycles. The first-order valence-electron chi connectivity index (χ1n) is 8.63. The monoisotopic (exact) mass is 432 g/mol. The van der Waals surface area contributed by atoms with Crippen molar-refractivity contribution in [2.24, 2.45) is 0 Å². The molecule has 1 N–H and O–H groups in total. The number of carbonyl (C=O) groups is 2. The van der Waals surface area contributed by atoms with Gasteiger partial charge in [0.25, 0.3) is 0 Å². The second kappa shape index (κ2) is 8.63. The van der Waals surface area contributed by atoms with Gasteiger partial charge in [0, 0.05) is 43.4 Å². The number of benzene rings is 1. The van der Waals surface area contributed by atoms with Crippen LogP contribution in [0.5, 0.6) is 0 Å². The molecule has 0 spiro atoms. The van der Waals surface area contributed by atoms with Gasteiger partial charge >= 0.3 is 5.97 Å². The highest BCUT2D eigenvalue weighted by Gasteiger charge is 2.20. The second-order valence-corrected chi connectivity index (χ2v) is 7.43. The lowest BCUT2D eigenvalue weighted by Crippen LogP contribution is -2.36. The number of carboxylic acid groups (broad SMARTS) is 1. The molecule has 0 atom stereocenters. The normalized spacial score (nSPS) is 10.8. The third kappa shape index (κ3) is 4.75. The number of aromatic nitrogens is 2. The fourth-order valence-corrected chi connectivity index (χ4v) is 3.52. The standard InChI is InChI=1S/C20H18Cl2N4O3/c1-25(10-12-4-3-5-23-9-12)17(27)11-26(2)19-18-13(6-14(21)8-15(18)22)7-16(24-19)20(28)29/h3-9H,10-11H2,1-2H3,(H,28,29). The fraction of sp³-hybridized carbons (Fsp3) is 0.200. The molecular formula is C20H18Cl2N4O3. The molecule has 2 heterocycles. The van der Waals surface area contributed by atoms with Gasteiger partial charge in [0.1, 0.15) is 5.82 Å². The summed E-state index contributed by atoms with van der Waals surface area (Å²) in [5.74, 6) is -1.06. The predicted octanol–water partition coefficient (Wildman–Crippen LogP) is 3.73. The first kappa shape index (κ1) is 20.8. The van der Waals surface area contributed by atoms with Crippen LogP contribution < -0.4 is 4.90 Å². The van der Waals surface area contributed by atoms with Gasteiger partial charge in [-0.25, -0.2) is 9.78 Å². The molecule has 0 aliphatic carbocycles. The molecule has 1 amide bonds. The average Bonchev–Trinajstić information content (AvgIpc) is 2.67. The van der Waals surface area contributed by atoms with Gasteiger partial charge in [-0.05, 0) is 35.2 Å². The van der Waals surface area contributed by atoms with Crippen molar-refractivity contribution in [1.29, 1.82) is 0 Å². The number of fused-ring (bicyclic) bond motifs is 1. The Morgan fingerprint density at radius 2 is 1.93 bits per heavy atom. The SMILES string of the molecule is CN(Cc1cccnc1)C(=O)CN(C)c1nc(C(=O)O)cc2cc(Cl)cc(Cl)c12. The molecule has 3 rings (SSSR count).